The molecule has 0 aliphatic heterocycles. The van der Waals surface area contributed by atoms with Gasteiger partial charge in [-0.2, -0.15) is 0 Å². The Morgan fingerprint density at radius 1 is 1.05 bits per heavy atom. The van der Waals surface area contributed by atoms with Crippen molar-refractivity contribution in [1.29, 1.82) is 0 Å². The Morgan fingerprint density at radius 3 is 2.10 bits per heavy atom. The standard InChI is InChI=1S/C15H30N2O3/c1-7-17(12-8-11-16(5)6)13(18)9-10-14(19)20-15(2,3)4/h7-12H2,1-6H3. The predicted octanol–water partition coefficient (Wildman–Crippen LogP) is 1.91. The van der Waals surface area contributed by atoms with E-state index >= 15 is 0 Å². The number of hydrogen-bond donors (Lipinski definition) is 0. The quantitative estimate of drug-likeness (QED) is 0.640. The van der Waals surface area contributed by atoms with Gasteiger partial charge in [-0.1, -0.05) is 0 Å². The molecule has 0 fully saturated rings. The first-order valence-electron chi connectivity index (χ1n) is 7.30. The second kappa shape index (κ2) is 8.95. The molecule has 0 rings (SSSR count). The van der Waals surface area contributed by atoms with Gasteiger partial charge in [0.15, 0.2) is 0 Å². The fourth-order valence-corrected chi connectivity index (χ4v) is 1.80. The van der Waals surface area contributed by atoms with E-state index in [0.717, 1.165) is 19.5 Å². The van der Waals surface area contributed by atoms with Crippen molar-refractivity contribution in [1.82, 2.24) is 9.80 Å². The van der Waals surface area contributed by atoms with Crippen LogP contribution in [0, 0.1) is 0 Å². The van der Waals surface area contributed by atoms with Crippen LogP contribution in [-0.2, 0) is 14.3 Å². The first kappa shape index (κ1) is 18.9. The number of amides is 1. The Morgan fingerprint density at radius 2 is 1.65 bits per heavy atom. The van der Waals surface area contributed by atoms with Crippen LogP contribution < -0.4 is 0 Å². The van der Waals surface area contributed by atoms with Crippen molar-refractivity contribution < 1.29 is 14.3 Å². The van der Waals surface area contributed by atoms with E-state index in [2.05, 4.69) is 4.90 Å². The van der Waals surface area contributed by atoms with Gasteiger partial charge in [0, 0.05) is 19.5 Å². The average molecular weight is 286 g/mol. The average Bonchev–Trinajstić information content (AvgIpc) is 2.29. The molecule has 0 saturated carbocycles. The third-order valence-electron chi connectivity index (χ3n) is 2.73. The summed E-state index contributed by atoms with van der Waals surface area (Å²) in [4.78, 5) is 27.5. The van der Waals surface area contributed by atoms with E-state index in [1.165, 1.54) is 0 Å². The van der Waals surface area contributed by atoms with Gasteiger partial charge in [-0.25, -0.2) is 0 Å². The number of esters is 1. The Kier molecular flexibility index (Phi) is 8.46. The summed E-state index contributed by atoms with van der Waals surface area (Å²) in [5.41, 5.74) is -0.490. The molecule has 118 valence electrons. The van der Waals surface area contributed by atoms with Gasteiger partial charge in [-0.15, -0.1) is 0 Å². The zero-order valence-corrected chi connectivity index (χ0v) is 13.9. The van der Waals surface area contributed by atoms with Gasteiger partial charge in [0.1, 0.15) is 5.60 Å². The third-order valence-corrected chi connectivity index (χ3v) is 2.73. The largest absolute Gasteiger partial charge is 0.460 e. The van der Waals surface area contributed by atoms with Crippen molar-refractivity contribution in [3.63, 3.8) is 0 Å². The first-order valence-corrected chi connectivity index (χ1v) is 7.30. The van der Waals surface area contributed by atoms with Crippen molar-refractivity contribution >= 4 is 11.9 Å². The number of ether oxygens (including phenoxy) is 1. The molecule has 0 aromatic carbocycles. The molecule has 0 heterocycles. The van der Waals surface area contributed by atoms with Crippen molar-refractivity contribution in [2.45, 2.75) is 52.6 Å². The monoisotopic (exact) mass is 286 g/mol. The number of carbonyl (C=O) groups excluding carboxylic acids is 2. The van der Waals surface area contributed by atoms with Crippen LogP contribution in [0.5, 0.6) is 0 Å². The van der Waals surface area contributed by atoms with E-state index in [9.17, 15) is 9.59 Å². The van der Waals surface area contributed by atoms with Gasteiger partial charge in [0.25, 0.3) is 0 Å². The molecule has 0 spiro atoms. The van der Waals surface area contributed by atoms with Crippen molar-refractivity contribution in [3.05, 3.63) is 0 Å². The van der Waals surface area contributed by atoms with Gasteiger partial charge in [0.2, 0.25) is 5.91 Å². The third kappa shape index (κ3) is 9.78. The lowest BCUT2D eigenvalue weighted by molar-refractivity contribution is -0.156. The normalized spacial score (nSPS) is 11.6. The molecule has 0 N–H and O–H groups in total. The van der Waals surface area contributed by atoms with Crippen LogP contribution in [-0.4, -0.2) is 61.0 Å². The molecule has 20 heavy (non-hydrogen) atoms. The second-order valence-corrected chi connectivity index (χ2v) is 6.22. The molecule has 0 saturated heterocycles. The summed E-state index contributed by atoms with van der Waals surface area (Å²) in [6.07, 6.45) is 1.32. The molecule has 0 radical (unpaired) electrons. The summed E-state index contributed by atoms with van der Waals surface area (Å²) in [5, 5.41) is 0. The van der Waals surface area contributed by atoms with E-state index < -0.39 is 5.60 Å². The minimum absolute atomic E-state index is 0.0251. The second-order valence-electron chi connectivity index (χ2n) is 6.22. The number of nitrogens with zero attached hydrogens (tertiary/aromatic N) is 2. The van der Waals surface area contributed by atoms with E-state index in [0.29, 0.717) is 6.54 Å². The summed E-state index contributed by atoms with van der Waals surface area (Å²) in [6, 6.07) is 0. The van der Waals surface area contributed by atoms with Crippen molar-refractivity contribution in [3.8, 4) is 0 Å². The van der Waals surface area contributed by atoms with Crippen molar-refractivity contribution in [2.24, 2.45) is 0 Å². The SMILES string of the molecule is CCN(CCCN(C)C)C(=O)CCC(=O)OC(C)(C)C. The van der Waals surface area contributed by atoms with Crippen LogP contribution in [0.3, 0.4) is 0 Å². The molecular weight excluding hydrogens is 256 g/mol. The molecular formula is C15H30N2O3. The van der Waals surface area contributed by atoms with E-state index in [4.69, 9.17) is 4.74 Å². The van der Waals surface area contributed by atoms with E-state index in [1.807, 2.05) is 41.8 Å². The van der Waals surface area contributed by atoms with Gasteiger partial charge in [-0.05, 0) is 54.8 Å². The zero-order chi connectivity index (χ0) is 15.8. The molecule has 0 aliphatic carbocycles. The summed E-state index contributed by atoms with van der Waals surface area (Å²) in [6.45, 7) is 9.81. The van der Waals surface area contributed by atoms with Crippen LogP contribution in [0.15, 0.2) is 0 Å². The summed E-state index contributed by atoms with van der Waals surface area (Å²) < 4.78 is 5.20. The van der Waals surface area contributed by atoms with E-state index in [1.54, 1.807) is 4.90 Å². The van der Waals surface area contributed by atoms with Gasteiger partial charge < -0.3 is 14.5 Å². The van der Waals surface area contributed by atoms with Gasteiger partial charge >= 0.3 is 5.97 Å². The maximum Gasteiger partial charge on any atom is 0.306 e. The fraction of sp³-hybridized carbons (Fsp3) is 0.867. The molecule has 0 aromatic rings. The summed E-state index contributed by atoms with van der Waals surface area (Å²) in [7, 11) is 4.03. The molecule has 0 unspecified atom stereocenters. The topological polar surface area (TPSA) is 49.9 Å². The van der Waals surface area contributed by atoms with Gasteiger partial charge in [0.05, 0.1) is 6.42 Å². The van der Waals surface area contributed by atoms with Crippen LogP contribution in [0.25, 0.3) is 0 Å². The Bertz CT molecular complexity index is 309. The number of rotatable bonds is 8. The maximum atomic E-state index is 12.0. The highest BCUT2D eigenvalue weighted by Gasteiger charge is 2.18. The van der Waals surface area contributed by atoms with Crippen LogP contribution in [0.4, 0.5) is 0 Å². The fourth-order valence-electron chi connectivity index (χ4n) is 1.80. The van der Waals surface area contributed by atoms with Crippen LogP contribution in [0.1, 0.15) is 47.0 Å². The minimum Gasteiger partial charge on any atom is -0.460 e. The molecule has 0 atom stereocenters. The highest BCUT2D eigenvalue weighted by Crippen LogP contribution is 2.10. The van der Waals surface area contributed by atoms with Gasteiger partial charge in [-0.3, -0.25) is 9.59 Å². The van der Waals surface area contributed by atoms with Crippen LogP contribution in [0.2, 0.25) is 0 Å². The lowest BCUT2D eigenvalue weighted by Crippen LogP contribution is -2.34. The molecule has 5 nitrogen and oxygen atoms in total. The number of carbonyl (C=O) groups is 2. The molecule has 0 bridgehead atoms. The van der Waals surface area contributed by atoms with Crippen LogP contribution >= 0.6 is 0 Å². The summed E-state index contributed by atoms with van der Waals surface area (Å²) in [5.74, 6) is -0.285. The number of hydrogen-bond acceptors (Lipinski definition) is 4. The lowest BCUT2D eigenvalue weighted by Gasteiger charge is -2.23. The lowest BCUT2D eigenvalue weighted by atomic mass is 10.2. The molecule has 0 aromatic heterocycles. The molecule has 1 amide bonds. The van der Waals surface area contributed by atoms with E-state index in [-0.39, 0.29) is 24.7 Å². The Balaban J connectivity index is 4.06. The maximum absolute atomic E-state index is 12.0. The zero-order valence-electron chi connectivity index (χ0n) is 13.9. The molecule has 5 heteroatoms. The first-order chi connectivity index (χ1) is 9.15. The summed E-state index contributed by atoms with van der Waals surface area (Å²) >= 11 is 0. The Labute approximate surface area is 123 Å². The highest BCUT2D eigenvalue weighted by atomic mass is 16.6. The molecule has 0 aliphatic rings. The smallest absolute Gasteiger partial charge is 0.306 e. The van der Waals surface area contributed by atoms with Crippen molar-refractivity contribution in [2.75, 3.05) is 33.7 Å². The Hall–Kier alpha value is -1.10. The highest BCUT2D eigenvalue weighted by molar-refractivity contribution is 5.81. The minimum atomic E-state index is -0.490. The predicted molar refractivity (Wildman–Crippen MR) is 80.5 cm³/mol.